The minimum atomic E-state index is -4.94. The van der Waals surface area contributed by atoms with Gasteiger partial charge < -0.3 is 33.8 Å². The van der Waals surface area contributed by atoms with Gasteiger partial charge in [-0.25, -0.2) is 9.13 Å². The molecule has 0 spiro atoms. The summed E-state index contributed by atoms with van der Waals surface area (Å²) in [7, 11) is -9.89. The number of phosphoric ester groups is 2. The summed E-state index contributed by atoms with van der Waals surface area (Å²) in [6, 6.07) is 0. The average Bonchev–Trinajstić information content (AvgIpc) is 3.42. The largest absolute Gasteiger partial charge is 0.472 e. The highest BCUT2D eigenvalue weighted by Gasteiger charge is 2.30. The Balaban J connectivity index is 5.24. The Bertz CT molecular complexity index is 1650. The van der Waals surface area contributed by atoms with Crippen LogP contribution in [0.25, 0.3) is 0 Å². The molecule has 0 radical (unpaired) electrons. The van der Waals surface area contributed by atoms with Crippen LogP contribution in [0.4, 0.5) is 0 Å². The Kier molecular flexibility index (Phi) is 52.0. The van der Waals surface area contributed by atoms with Crippen molar-refractivity contribution in [1.29, 1.82) is 0 Å². The van der Waals surface area contributed by atoms with Gasteiger partial charge in [0, 0.05) is 25.7 Å². The normalized spacial score (nSPS) is 14.8. The van der Waals surface area contributed by atoms with Gasteiger partial charge in [0.15, 0.2) is 12.2 Å². The monoisotopic (exact) mass is 1210 g/mol. The Morgan fingerprint density at radius 2 is 0.585 bits per heavy atom. The van der Waals surface area contributed by atoms with Crippen LogP contribution in [-0.2, 0) is 65.4 Å². The van der Waals surface area contributed by atoms with Crippen molar-refractivity contribution in [2.75, 3.05) is 39.6 Å². The number of hydrogen-bond acceptors (Lipinski definition) is 15. The smallest absolute Gasteiger partial charge is 0.462 e. The maximum absolute atomic E-state index is 13.0. The second-order valence-corrected chi connectivity index (χ2v) is 27.4. The molecule has 486 valence electrons. The molecule has 0 aliphatic carbocycles. The highest BCUT2D eigenvalue weighted by atomic mass is 31.2. The van der Waals surface area contributed by atoms with E-state index in [0.717, 1.165) is 115 Å². The first-order valence-electron chi connectivity index (χ1n) is 32.7. The number of carbonyl (C=O) groups excluding carboxylic acids is 4. The van der Waals surface area contributed by atoms with Crippen LogP contribution in [0.15, 0.2) is 0 Å². The quantitative estimate of drug-likeness (QED) is 0.0222. The molecule has 3 unspecified atom stereocenters. The molecule has 0 amide bonds. The number of unbranched alkanes of at least 4 members (excludes halogenated alkanes) is 25. The Morgan fingerprint density at radius 3 is 0.866 bits per heavy atom. The minimum absolute atomic E-state index is 0.100. The van der Waals surface area contributed by atoms with E-state index in [1.54, 1.807) is 0 Å². The summed E-state index contributed by atoms with van der Waals surface area (Å²) in [5.74, 6) is 0.699. The van der Waals surface area contributed by atoms with Gasteiger partial charge in [0.05, 0.1) is 26.4 Å². The topological polar surface area (TPSA) is 237 Å². The maximum Gasteiger partial charge on any atom is 0.472 e. The van der Waals surface area contributed by atoms with Crippen molar-refractivity contribution >= 4 is 39.5 Å². The third-order valence-corrected chi connectivity index (χ3v) is 16.6. The van der Waals surface area contributed by atoms with Crippen molar-refractivity contribution in [3.05, 3.63) is 0 Å². The fraction of sp³-hybridized carbons (Fsp3) is 0.937. The predicted octanol–water partition coefficient (Wildman–Crippen LogP) is 17.0. The van der Waals surface area contributed by atoms with E-state index in [9.17, 15) is 43.2 Å². The summed E-state index contributed by atoms with van der Waals surface area (Å²) in [6.45, 7) is 13.9. The number of aliphatic hydroxyl groups is 1. The van der Waals surface area contributed by atoms with Gasteiger partial charge >= 0.3 is 39.5 Å². The van der Waals surface area contributed by atoms with Crippen molar-refractivity contribution in [3.63, 3.8) is 0 Å². The molecule has 0 aromatic rings. The maximum atomic E-state index is 13.0. The molecule has 0 saturated heterocycles. The fourth-order valence-electron chi connectivity index (χ4n) is 9.22. The van der Waals surface area contributed by atoms with Crippen LogP contribution < -0.4 is 0 Å². The number of rotatable bonds is 60. The Hall–Kier alpha value is -1.94. The zero-order chi connectivity index (χ0) is 61.1. The van der Waals surface area contributed by atoms with Crippen LogP contribution in [0.5, 0.6) is 0 Å². The van der Waals surface area contributed by atoms with Crippen molar-refractivity contribution in [3.8, 4) is 0 Å². The zero-order valence-electron chi connectivity index (χ0n) is 53.1. The fourth-order valence-corrected chi connectivity index (χ4v) is 10.8. The lowest BCUT2D eigenvalue weighted by molar-refractivity contribution is -0.161. The van der Waals surface area contributed by atoms with Crippen LogP contribution in [0, 0.1) is 23.7 Å². The molecule has 0 rings (SSSR count). The Morgan fingerprint density at radius 1 is 0.341 bits per heavy atom. The van der Waals surface area contributed by atoms with Crippen molar-refractivity contribution in [1.82, 2.24) is 0 Å². The lowest BCUT2D eigenvalue weighted by Crippen LogP contribution is -2.30. The van der Waals surface area contributed by atoms with E-state index >= 15 is 0 Å². The molecule has 0 aliphatic rings. The van der Waals surface area contributed by atoms with Gasteiger partial charge in [-0.3, -0.25) is 37.3 Å². The molecule has 3 N–H and O–H groups in total. The van der Waals surface area contributed by atoms with Gasteiger partial charge in [-0.05, 0) is 49.4 Å². The van der Waals surface area contributed by atoms with E-state index in [-0.39, 0.29) is 25.7 Å². The minimum Gasteiger partial charge on any atom is -0.462 e. The van der Waals surface area contributed by atoms with E-state index in [1.807, 2.05) is 0 Å². The van der Waals surface area contributed by atoms with Crippen molar-refractivity contribution < 1.29 is 80.2 Å². The first kappa shape index (κ1) is 80.1. The van der Waals surface area contributed by atoms with Gasteiger partial charge in [-0.15, -0.1) is 0 Å². The predicted molar refractivity (Wildman–Crippen MR) is 326 cm³/mol. The van der Waals surface area contributed by atoms with Crippen LogP contribution >= 0.6 is 15.6 Å². The van der Waals surface area contributed by atoms with Crippen LogP contribution in [-0.4, -0.2) is 96.7 Å². The molecule has 0 bridgehead atoms. The number of esters is 4. The van der Waals surface area contributed by atoms with E-state index in [1.165, 1.54) is 89.9 Å². The summed E-state index contributed by atoms with van der Waals surface area (Å²) < 4.78 is 67.9. The van der Waals surface area contributed by atoms with Crippen molar-refractivity contribution in [2.45, 2.75) is 318 Å². The van der Waals surface area contributed by atoms with Gasteiger partial charge in [0.1, 0.15) is 19.3 Å². The van der Waals surface area contributed by atoms with Gasteiger partial charge in [-0.1, -0.05) is 248 Å². The van der Waals surface area contributed by atoms with Crippen molar-refractivity contribution in [2.24, 2.45) is 23.7 Å². The summed E-state index contributed by atoms with van der Waals surface area (Å²) in [5.41, 5.74) is 0. The molecule has 19 heteroatoms. The first-order chi connectivity index (χ1) is 39.1. The van der Waals surface area contributed by atoms with Gasteiger partial charge in [0.25, 0.3) is 0 Å². The molecule has 0 aliphatic heterocycles. The average molecular weight is 1210 g/mol. The molecule has 0 saturated carbocycles. The number of phosphoric acid groups is 2. The van der Waals surface area contributed by atoms with Gasteiger partial charge in [-0.2, -0.15) is 0 Å². The second kappa shape index (κ2) is 53.3. The van der Waals surface area contributed by atoms with E-state index in [0.29, 0.717) is 37.5 Å². The highest BCUT2D eigenvalue weighted by Crippen LogP contribution is 2.45. The SMILES string of the molecule is CCC(C)CCCCCCCCC(=O)OC[C@H](COP(=O)(O)OC[C@H](O)COP(=O)(O)OC[C@@H](COC(=O)CCCCCCCCC(C)C)OC(=O)CCCCCCCCC(C)C)OC(=O)CCCCCCCCCCCCCC(C)C. The first-order valence-corrected chi connectivity index (χ1v) is 35.7. The third-order valence-electron chi connectivity index (χ3n) is 14.7. The summed E-state index contributed by atoms with van der Waals surface area (Å²) in [6.07, 6.45) is 32.4. The number of aliphatic hydroxyl groups excluding tert-OH is 1. The van der Waals surface area contributed by atoms with E-state index in [2.05, 4.69) is 55.4 Å². The second-order valence-electron chi connectivity index (χ2n) is 24.5. The van der Waals surface area contributed by atoms with E-state index < -0.39 is 97.5 Å². The lowest BCUT2D eigenvalue weighted by atomic mass is 10.00. The summed E-state index contributed by atoms with van der Waals surface area (Å²) >= 11 is 0. The highest BCUT2D eigenvalue weighted by molar-refractivity contribution is 7.47. The van der Waals surface area contributed by atoms with Gasteiger partial charge in [0.2, 0.25) is 0 Å². The zero-order valence-corrected chi connectivity index (χ0v) is 54.9. The van der Waals surface area contributed by atoms with E-state index in [4.69, 9.17) is 37.0 Å². The number of carbonyl (C=O) groups is 4. The summed E-state index contributed by atoms with van der Waals surface area (Å²) in [5, 5.41) is 10.5. The standard InChI is InChI=1S/C63H122O17P2/c1-9-56(8)42-34-26-19-22-28-36-44-61(66)74-49-58(79-62(67)45-37-29-16-14-12-10-11-13-15-23-31-39-53(2)3)51-77-81(69,70)75-47-57(64)48-76-82(71,72)78-52-59(80-63(68)46-38-30-21-18-25-33-41-55(6)7)50-73-60(65)43-35-27-20-17-24-32-40-54(4)5/h53-59,64H,9-52H2,1-8H3,(H,69,70)(H,71,72)/t56?,57-,58+,59+/m0/s1. The van der Waals surface area contributed by atoms with Crippen LogP contribution in [0.1, 0.15) is 299 Å². The molecule has 0 aromatic heterocycles. The summed E-state index contributed by atoms with van der Waals surface area (Å²) in [4.78, 5) is 72.1. The number of hydrogen-bond donors (Lipinski definition) is 3. The lowest BCUT2D eigenvalue weighted by Gasteiger charge is -2.21. The molecule has 6 atom stereocenters. The molecule has 17 nitrogen and oxygen atoms in total. The molecule has 0 fully saturated rings. The van der Waals surface area contributed by atoms with Crippen LogP contribution in [0.2, 0.25) is 0 Å². The molecule has 0 aromatic carbocycles. The molecule has 0 heterocycles. The van der Waals surface area contributed by atoms with Crippen LogP contribution in [0.3, 0.4) is 0 Å². The molecular weight excluding hydrogens is 1090 g/mol. The Labute approximate surface area is 498 Å². The number of ether oxygens (including phenoxy) is 4. The molecule has 82 heavy (non-hydrogen) atoms. The third kappa shape index (κ3) is 55.9. The molecular formula is C63H122O17P2.